The van der Waals surface area contributed by atoms with Crippen molar-refractivity contribution in [2.45, 2.75) is 72.1 Å². The lowest BCUT2D eigenvalue weighted by atomic mass is 9.78. The summed E-state index contributed by atoms with van der Waals surface area (Å²) in [7, 11) is -3.36. The molecule has 0 unspecified atom stereocenters. The van der Waals surface area contributed by atoms with Gasteiger partial charge in [0, 0.05) is 24.2 Å². The van der Waals surface area contributed by atoms with Crippen LogP contribution in [0.4, 0.5) is 0 Å². The van der Waals surface area contributed by atoms with Gasteiger partial charge in [0.2, 0.25) is 10.0 Å². The van der Waals surface area contributed by atoms with Crippen molar-refractivity contribution in [1.29, 1.82) is 0 Å². The monoisotopic (exact) mass is 379 g/mol. The number of phenolic OH excluding ortho intramolecular Hbond substituents is 1. The zero-order chi connectivity index (χ0) is 19.9. The number of aromatic hydroxyl groups is 1. The van der Waals surface area contributed by atoms with Crippen molar-refractivity contribution in [3.05, 3.63) is 33.7 Å². The molecule has 1 heterocycles. The average molecular weight is 380 g/mol. The van der Waals surface area contributed by atoms with Crippen LogP contribution < -0.4 is 0 Å². The van der Waals surface area contributed by atoms with Gasteiger partial charge >= 0.3 is 0 Å². The van der Waals surface area contributed by atoms with Gasteiger partial charge in [-0.15, -0.1) is 0 Å². The molecule has 1 N–H and O–H groups in total. The molecule has 1 aromatic rings. The first-order valence-electron chi connectivity index (χ1n) is 9.37. The molecule has 0 aliphatic carbocycles. The summed E-state index contributed by atoms with van der Waals surface area (Å²) in [4.78, 5) is 0.469. The van der Waals surface area contributed by atoms with Crippen LogP contribution in [0.2, 0.25) is 0 Å². The van der Waals surface area contributed by atoms with Crippen molar-refractivity contribution < 1.29 is 13.5 Å². The topological polar surface area (TPSA) is 57.6 Å². The molecule has 0 aromatic heterocycles. The Hall–Kier alpha value is -1.33. The van der Waals surface area contributed by atoms with E-state index in [1.807, 2.05) is 19.1 Å². The maximum absolute atomic E-state index is 12.7. The van der Waals surface area contributed by atoms with Gasteiger partial charge in [-0.3, -0.25) is 0 Å². The van der Waals surface area contributed by atoms with Crippen molar-refractivity contribution in [1.82, 2.24) is 4.31 Å². The lowest BCUT2D eigenvalue weighted by Crippen LogP contribution is -2.25. The predicted molar refractivity (Wildman–Crippen MR) is 109 cm³/mol. The van der Waals surface area contributed by atoms with Gasteiger partial charge in [0.1, 0.15) is 5.75 Å². The molecule has 0 amide bonds. The van der Waals surface area contributed by atoms with E-state index in [0.29, 0.717) is 30.2 Å². The summed E-state index contributed by atoms with van der Waals surface area (Å²) < 4.78 is 27.0. The Balaban J connectivity index is 2.61. The minimum absolute atomic E-state index is 0.235. The van der Waals surface area contributed by atoms with Gasteiger partial charge in [0.05, 0.1) is 4.91 Å². The Morgan fingerprint density at radius 2 is 1.58 bits per heavy atom. The van der Waals surface area contributed by atoms with Gasteiger partial charge in [-0.05, 0) is 47.4 Å². The fourth-order valence-electron chi connectivity index (χ4n) is 3.35. The number of phenols is 1. The van der Waals surface area contributed by atoms with E-state index in [4.69, 9.17) is 0 Å². The molecule has 0 spiro atoms. The molecule has 2 rings (SSSR count). The third kappa shape index (κ3) is 4.15. The largest absolute Gasteiger partial charge is 0.507 e. The van der Waals surface area contributed by atoms with Crippen molar-refractivity contribution in [3.8, 4) is 5.75 Å². The Labute approximate surface area is 159 Å². The quantitative estimate of drug-likeness (QED) is 0.823. The lowest BCUT2D eigenvalue weighted by Gasteiger charge is -2.28. The molecule has 1 aliphatic rings. The van der Waals surface area contributed by atoms with Crippen molar-refractivity contribution in [3.63, 3.8) is 0 Å². The van der Waals surface area contributed by atoms with Gasteiger partial charge in [-0.1, -0.05) is 48.5 Å². The lowest BCUT2D eigenvalue weighted by molar-refractivity contribution is 0.423. The van der Waals surface area contributed by atoms with Crippen molar-refractivity contribution in [2.75, 3.05) is 13.1 Å². The predicted octanol–water partition coefficient (Wildman–Crippen LogP) is 4.77. The molecule has 0 bridgehead atoms. The molecule has 26 heavy (non-hydrogen) atoms. The normalized spacial score (nSPS) is 20.0. The van der Waals surface area contributed by atoms with Crippen LogP contribution in [-0.4, -0.2) is 30.9 Å². The number of nitrogens with zero attached hydrogens (tertiary/aromatic N) is 1. The minimum Gasteiger partial charge on any atom is -0.507 e. The highest BCUT2D eigenvalue weighted by atomic mass is 32.2. The molecule has 4 nitrogen and oxygen atoms in total. The highest BCUT2D eigenvalue weighted by molar-refractivity contribution is 7.93. The second-order valence-electron chi connectivity index (χ2n) is 9.23. The molecular weight excluding hydrogens is 346 g/mol. The van der Waals surface area contributed by atoms with Crippen LogP contribution in [0.5, 0.6) is 5.75 Å². The fraction of sp³-hybridized carbons (Fsp3) is 0.619. The average Bonchev–Trinajstić information content (AvgIpc) is 2.74. The molecule has 1 aliphatic heterocycles. The van der Waals surface area contributed by atoms with E-state index >= 15 is 0 Å². The number of benzene rings is 1. The summed E-state index contributed by atoms with van der Waals surface area (Å²) in [6, 6.07) is 3.85. The van der Waals surface area contributed by atoms with E-state index in [1.165, 1.54) is 0 Å². The zero-order valence-corrected chi connectivity index (χ0v) is 18.0. The van der Waals surface area contributed by atoms with Crippen LogP contribution in [0, 0.1) is 0 Å². The molecule has 1 saturated heterocycles. The molecular formula is C21H33NO3S. The summed E-state index contributed by atoms with van der Waals surface area (Å²) in [5.74, 6) is 0.314. The zero-order valence-electron chi connectivity index (χ0n) is 17.2. The second-order valence-corrected chi connectivity index (χ2v) is 11.2. The third-order valence-corrected chi connectivity index (χ3v) is 6.86. The summed E-state index contributed by atoms with van der Waals surface area (Å²) >= 11 is 0. The van der Waals surface area contributed by atoms with Crippen LogP contribution >= 0.6 is 0 Å². The Morgan fingerprint density at radius 3 is 2.00 bits per heavy atom. The van der Waals surface area contributed by atoms with E-state index < -0.39 is 10.0 Å². The van der Waals surface area contributed by atoms with Gasteiger partial charge in [0.25, 0.3) is 0 Å². The van der Waals surface area contributed by atoms with Crippen LogP contribution in [0.25, 0.3) is 6.08 Å². The van der Waals surface area contributed by atoms with Gasteiger partial charge in [0.15, 0.2) is 0 Å². The summed E-state index contributed by atoms with van der Waals surface area (Å²) in [6.45, 7) is 15.4. The van der Waals surface area contributed by atoms with E-state index in [-0.39, 0.29) is 10.8 Å². The van der Waals surface area contributed by atoms with Crippen molar-refractivity contribution in [2.24, 2.45) is 0 Å². The van der Waals surface area contributed by atoms with Crippen LogP contribution in [-0.2, 0) is 20.9 Å². The molecule has 0 radical (unpaired) electrons. The molecule has 1 aromatic carbocycles. The van der Waals surface area contributed by atoms with Gasteiger partial charge in [-0.2, -0.15) is 4.31 Å². The van der Waals surface area contributed by atoms with E-state index in [1.54, 1.807) is 10.4 Å². The molecule has 0 atom stereocenters. The highest BCUT2D eigenvalue weighted by Crippen LogP contribution is 2.40. The summed E-state index contributed by atoms with van der Waals surface area (Å²) in [5.41, 5.74) is 2.06. The van der Waals surface area contributed by atoms with Crippen LogP contribution in [0.3, 0.4) is 0 Å². The van der Waals surface area contributed by atoms with E-state index in [9.17, 15) is 13.5 Å². The summed E-state index contributed by atoms with van der Waals surface area (Å²) in [5, 5.41) is 10.8. The maximum Gasteiger partial charge on any atom is 0.239 e. The number of hydrogen-bond acceptors (Lipinski definition) is 3. The molecule has 5 heteroatoms. The number of sulfonamides is 1. The van der Waals surface area contributed by atoms with Crippen molar-refractivity contribution >= 4 is 16.1 Å². The first-order chi connectivity index (χ1) is 11.8. The standard InChI is InChI=1S/C21H33NO3S/c1-8-10-22-11-9-16(26(22,24)25)12-15-13-17(20(2,3)4)19(23)18(14-15)21(5,6)7/h12-14,23H,8-11H2,1-7H3/b16-12-. The highest BCUT2D eigenvalue weighted by Gasteiger charge is 2.33. The minimum atomic E-state index is -3.36. The first kappa shape index (κ1) is 21.0. The molecule has 0 saturated carbocycles. The Bertz CT molecular complexity index is 774. The summed E-state index contributed by atoms with van der Waals surface area (Å²) in [6.07, 6.45) is 3.14. The van der Waals surface area contributed by atoms with Gasteiger partial charge < -0.3 is 5.11 Å². The van der Waals surface area contributed by atoms with E-state index in [2.05, 4.69) is 41.5 Å². The number of hydrogen-bond donors (Lipinski definition) is 1. The van der Waals surface area contributed by atoms with Gasteiger partial charge in [-0.25, -0.2) is 8.42 Å². The Morgan fingerprint density at radius 1 is 1.08 bits per heavy atom. The number of rotatable bonds is 3. The first-order valence-corrected chi connectivity index (χ1v) is 10.8. The van der Waals surface area contributed by atoms with Crippen LogP contribution in [0.1, 0.15) is 78.0 Å². The fourth-order valence-corrected chi connectivity index (χ4v) is 5.07. The molecule has 146 valence electrons. The van der Waals surface area contributed by atoms with E-state index in [0.717, 1.165) is 23.1 Å². The smallest absolute Gasteiger partial charge is 0.239 e. The Kier molecular flexibility index (Phi) is 5.65. The molecule has 1 fully saturated rings. The van der Waals surface area contributed by atoms with Crippen LogP contribution in [0.15, 0.2) is 17.0 Å². The second kappa shape index (κ2) is 7.01. The maximum atomic E-state index is 12.7. The third-order valence-electron chi connectivity index (χ3n) is 4.83. The SMILES string of the molecule is CCCN1CC/C(=C/c2cc(C(C)(C)C)c(O)c(C(C)(C)C)c2)S1(=O)=O.